The van der Waals surface area contributed by atoms with E-state index in [1.807, 2.05) is 52.0 Å². The van der Waals surface area contributed by atoms with Crippen LogP contribution < -0.4 is 5.32 Å². The lowest BCUT2D eigenvalue weighted by atomic mass is 10.00. The van der Waals surface area contributed by atoms with Gasteiger partial charge in [0.25, 0.3) is 0 Å². The number of nitrogens with one attached hydrogen (secondary N) is 1. The second-order valence-electron chi connectivity index (χ2n) is 9.20. The van der Waals surface area contributed by atoms with Crippen molar-refractivity contribution >= 4 is 21.8 Å². The summed E-state index contributed by atoms with van der Waals surface area (Å²) in [4.78, 5) is 27.1. The van der Waals surface area contributed by atoms with E-state index in [1.165, 1.54) is 4.31 Å². The van der Waals surface area contributed by atoms with Crippen molar-refractivity contribution in [3.8, 4) is 0 Å². The van der Waals surface area contributed by atoms with Gasteiger partial charge in [-0.2, -0.15) is 4.31 Å². The average Bonchev–Trinajstić information content (AvgIpc) is 2.80. The SMILES string of the molecule is Cc1ccc(C)c(C(C)NC(=O)CCC(=O)N2CCN(S(=O)(=O)c3cc(C)ccc3C)CC2)c1. The molecule has 8 heteroatoms. The molecule has 2 aromatic carbocycles. The van der Waals surface area contributed by atoms with Crippen molar-refractivity contribution in [3.63, 3.8) is 0 Å². The zero-order chi connectivity index (χ0) is 25.0. The molecule has 0 aliphatic carbocycles. The monoisotopic (exact) mass is 485 g/mol. The molecular formula is C26H35N3O4S. The maximum Gasteiger partial charge on any atom is 0.243 e. The summed E-state index contributed by atoms with van der Waals surface area (Å²) in [5.74, 6) is -0.295. The van der Waals surface area contributed by atoms with E-state index in [0.717, 1.165) is 22.3 Å². The molecule has 34 heavy (non-hydrogen) atoms. The van der Waals surface area contributed by atoms with Crippen molar-refractivity contribution in [3.05, 3.63) is 64.2 Å². The molecule has 1 aliphatic rings. The topological polar surface area (TPSA) is 86.8 Å². The smallest absolute Gasteiger partial charge is 0.243 e. The number of amides is 2. The second-order valence-corrected chi connectivity index (χ2v) is 11.1. The van der Waals surface area contributed by atoms with Crippen molar-refractivity contribution in [1.82, 2.24) is 14.5 Å². The van der Waals surface area contributed by atoms with E-state index in [4.69, 9.17) is 0 Å². The van der Waals surface area contributed by atoms with Crippen molar-refractivity contribution in [2.75, 3.05) is 26.2 Å². The standard InChI is InChI=1S/C26H35N3O4S/c1-18-6-8-20(3)23(16-18)22(5)27-25(30)10-11-26(31)28-12-14-29(15-13-28)34(32,33)24-17-19(2)7-9-21(24)4/h6-9,16-17,22H,10-15H2,1-5H3,(H,27,30). The van der Waals surface area contributed by atoms with Gasteiger partial charge in [0, 0.05) is 39.0 Å². The minimum absolute atomic E-state index is 0.106. The Morgan fingerprint density at radius 2 is 1.47 bits per heavy atom. The highest BCUT2D eigenvalue weighted by molar-refractivity contribution is 7.89. The first-order valence-electron chi connectivity index (χ1n) is 11.7. The Balaban J connectivity index is 1.50. The van der Waals surface area contributed by atoms with Gasteiger partial charge in [-0.05, 0) is 62.9 Å². The molecule has 2 amide bonds. The molecule has 1 atom stereocenters. The first kappa shape index (κ1) is 25.9. The summed E-state index contributed by atoms with van der Waals surface area (Å²) >= 11 is 0. The number of hydrogen-bond acceptors (Lipinski definition) is 4. The van der Waals surface area contributed by atoms with Crippen LogP contribution in [0.4, 0.5) is 0 Å². The van der Waals surface area contributed by atoms with Crippen molar-refractivity contribution in [1.29, 1.82) is 0 Å². The van der Waals surface area contributed by atoms with E-state index in [1.54, 1.807) is 17.9 Å². The Hall–Kier alpha value is -2.71. The van der Waals surface area contributed by atoms with Crippen LogP contribution in [0.5, 0.6) is 0 Å². The number of benzene rings is 2. The Bertz CT molecular complexity index is 1170. The summed E-state index contributed by atoms with van der Waals surface area (Å²) in [5, 5.41) is 2.98. The van der Waals surface area contributed by atoms with E-state index < -0.39 is 10.0 Å². The van der Waals surface area contributed by atoms with Crippen LogP contribution in [0.1, 0.15) is 53.6 Å². The number of piperazine rings is 1. The fourth-order valence-electron chi connectivity index (χ4n) is 4.30. The zero-order valence-electron chi connectivity index (χ0n) is 20.7. The minimum Gasteiger partial charge on any atom is -0.350 e. The normalized spacial score (nSPS) is 15.7. The van der Waals surface area contributed by atoms with Crippen LogP contribution in [0, 0.1) is 27.7 Å². The number of rotatable bonds is 7. The van der Waals surface area contributed by atoms with Crippen LogP contribution in [0.25, 0.3) is 0 Å². The second kappa shape index (κ2) is 10.7. The van der Waals surface area contributed by atoms with Crippen molar-refractivity contribution in [2.24, 2.45) is 0 Å². The van der Waals surface area contributed by atoms with Gasteiger partial charge in [0.05, 0.1) is 10.9 Å². The maximum atomic E-state index is 13.1. The van der Waals surface area contributed by atoms with E-state index in [2.05, 4.69) is 11.4 Å². The third-order valence-corrected chi connectivity index (χ3v) is 8.44. The Labute approximate surface area is 203 Å². The summed E-state index contributed by atoms with van der Waals surface area (Å²) in [6.07, 6.45) is 0.212. The summed E-state index contributed by atoms with van der Waals surface area (Å²) < 4.78 is 27.6. The first-order valence-corrected chi connectivity index (χ1v) is 13.1. The van der Waals surface area contributed by atoms with Crippen LogP contribution in [-0.4, -0.2) is 55.6 Å². The van der Waals surface area contributed by atoms with Gasteiger partial charge >= 0.3 is 0 Å². The first-order chi connectivity index (χ1) is 16.0. The largest absolute Gasteiger partial charge is 0.350 e. The van der Waals surface area contributed by atoms with Crippen LogP contribution in [0.3, 0.4) is 0 Å². The molecule has 7 nitrogen and oxygen atoms in total. The number of carbonyl (C=O) groups is 2. The molecule has 1 N–H and O–H groups in total. The van der Waals surface area contributed by atoms with Crippen molar-refractivity contribution in [2.45, 2.75) is 58.4 Å². The fraction of sp³-hybridized carbons (Fsp3) is 0.462. The molecule has 0 aromatic heterocycles. The fourth-order valence-corrected chi connectivity index (χ4v) is 6.03. The van der Waals surface area contributed by atoms with Crippen molar-refractivity contribution < 1.29 is 18.0 Å². The molecule has 184 valence electrons. The van der Waals surface area contributed by atoms with Gasteiger partial charge in [-0.15, -0.1) is 0 Å². The molecule has 0 radical (unpaired) electrons. The molecule has 1 unspecified atom stereocenters. The molecule has 2 aromatic rings. The molecule has 0 saturated carbocycles. The third kappa shape index (κ3) is 6.04. The molecule has 3 rings (SSSR count). The lowest BCUT2D eigenvalue weighted by Gasteiger charge is -2.34. The van der Waals surface area contributed by atoms with Crippen LogP contribution >= 0.6 is 0 Å². The van der Waals surface area contributed by atoms with Crippen LogP contribution in [0.15, 0.2) is 41.3 Å². The van der Waals surface area contributed by atoms with E-state index in [0.29, 0.717) is 23.5 Å². The zero-order valence-corrected chi connectivity index (χ0v) is 21.5. The van der Waals surface area contributed by atoms with Gasteiger partial charge in [0.2, 0.25) is 21.8 Å². The van der Waals surface area contributed by atoms with Crippen LogP contribution in [-0.2, 0) is 19.6 Å². The van der Waals surface area contributed by atoms with E-state index in [9.17, 15) is 18.0 Å². The van der Waals surface area contributed by atoms with Gasteiger partial charge in [-0.3, -0.25) is 9.59 Å². The lowest BCUT2D eigenvalue weighted by molar-refractivity contribution is -0.134. The number of carbonyl (C=O) groups excluding carboxylic acids is 2. The predicted molar refractivity (Wildman–Crippen MR) is 133 cm³/mol. The van der Waals surface area contributed by atoms with E-state index in [-0.39, 0.29) is 43.8 Å². The molecule has 0 bridgehead atoms. The quantitative estimate of drug-likeness (QED) is 0.651. The molecule has 1 fully saturated rings. The molecule has 1 heterocycles. The Morgan fingerprint density at radius 1 is 0.882 bits per heavy atom. The van der Waals surface area contributed by atoms with Gasteiger partial charge in [0.1, 0.15) is 0 Å². The number of nitrogens with zero attached hydrogens (tertiary/aromatic N) is 2. The minimum atomic E-state index is -3.61. The summed E-state index contributed by atoms with van der Waals surface area (Å²) in [5.41, 5.74) is 4.92. The molecular weight excluding hydrogens is 450 g/mol. The highest BCUT2D eigenvalue weighted by atomic mass is 32.2. The molecule has 1 saturated heterocycles. The summed E-state index contributed by atoms with van der Waals surface area (Å²) in [6, 6.07) is 11.4. The van der Waals surface area contributed by atoms with Gasteiger partial charge in [-0.25, -0.2) is 8.42 Å². The predicted octanol–water partition coefficient (Wildman–Crippen LogP) is 3.41. The maximum absolute atomic E-state index is 13.1. The highest BCUT2D eigenvalue weighted by Gasteiger charge is 2.31. The molecule has 1 aliphatic heterocycles. The van der Waals surface area contributed by atoms with Gasteiger partial charge < -0.3 is 10.2 Å². The third-order valence-electron chi connectivity index (χ3n) is 6.40. The number of aryl methyl sites for hydroxylation is 4. The molecule has 0 spiro atoms. The van der Waals surface area contributed by atoms with Gasteiger partial charge in [0.15, 0.2) is 0 Å². The Kier molecular flexibility index (Phi) is 8.15. The summed E-state index contributed by atoms with van der Waals surface area (Å²) in [7, 11) is -3.61. The summed E-state index contributed by atoms with van der Waals surface area (Å²) in [6.45, 7) is 10.8. The number of hydrogen-bond donors (Lipinski definition) is 1. The van der Waals surface area contributed by atoms with E-state index >= 15 is 0 Å². The number of sulfonamides is 1. The lowest BCUT2D eigenvalue weighted by Crippen LogP contribution is -2.50. The van der Waals surface area contributed by atoms with Gasteiger partial charge in [-0.1, -0.05) is 35.9 Å². The highest BCUT2D eigenvalue weighted by Crippen LogP contribution is 2.23. The average molecular weight is 486 g/mol. The van der Waals surface area contributed by atoms with Crippen LogP contribution in [0.2, 0.25) is 0 Å². The Morgan fingerprint density at radius 3 is 2.12 bits per heavy atom.